The molecule has 1 fully saturated rings. The highest BCUT2D eigenvalue weighted by Gasteiger charge is 2.18. The van der Waals surface area contributed by atoms with Gasteiger partial charge in [-0.05, 0) is 38.8 Å². The second kappa shape index (κ2) is 6.88. The molecule has 1 amide bonds. The molecule has 1 aliphatic rings. The lowest BCUT2D eigenvalue weighted by Gasteiger charge is -2.26. The van der Waals surface area contributed by atoms with E-state index in [0.29, 0.717) is 5.92 Å². The summed E-state index contributed by atoms with van der Waals surface area (Å²) in [4.78, 5) is 13.7. The average Bonchev–Trinajstić information content (AvgIpc) is 2.80. The van der Waals surface area contributed by atoms with E-state index in [1.807, 2.05) is 6.92 Å². The first-order valence-corrected chi connectivity index (χ1v) is 6.96. The minimum absolute atomic E-state index is 0.259. The first-order chi connectivity index (χ1) is 9.60. The normalized spacial score (nSPS) is 19.3. The molecule has 2 heterocycles. The molecule has 2 rings (SSSR count). The summed E-state index contributed by atoms with van der Waals surface area (Å²) in [5, 5.41) is 0. The van der Waals surface area contributed by atoms with Gasteiger partial charge in [0.1, 0.15) is 5.76 Å². The van der Waals surface area contributed by atoms with Crippen LogP contribution in [0.5, 0.6) is 0 Å². The minimum atomic E-state index is -0.400. The van der Waals surface area contributed by atoms with Gasteiger partial charge in [0.25, 0.3) is 0 Å². The molecule has 6 heteroatoms. The molecule has 112 valence electrons. The smallest absolute Gasteiger partial charge is 0.300 e. The number of nitrogens with one attached hydrogen (secondary N) is 1. The topological polar surface area (TPSA) is 80.7 Å². The molecule has 3 N–H and O–H groups in total. The summed E-state index contributed by atoms with van der Waals surface area (Å²) in [7, 11) is 2.07. The van der Waals surface area contributed by atoms with Crippen molar-refractivity contribution in [1.29, 1.82) is 0 Å². The minimum Gasteiger partial charge on any atom is -0.456 e. The standard InChI is InChI=1S/C14H23N3O3/c1-10-12(6-13(20-10)14(18)16-15)8-17(2)7-11-4-3-5-19-9-11/h6,11H,3-5,7-9,15H2,1-2H3,(H,16,18). The van der Waals surface area contributed by atoms with Crippen LogP contribution >= 0.6 is 0 Å². The Balaban J connectivity index is 1.91. The van der Waals surface area contributed by atoms with Gasteiger partial charge in [-0.1, -0.05) is 0 Å². The Hall–Kier alpha value is -1.37. The van der Waals surface area contributed by atoms with Crippen LogP contribution in [0.3, 0.4) is 0 Å². The molecular weight excluding hydrogens is 258 g/mol. The highest BCUT2D eigenvalue weighted by molar-refractivity contribution is 5.91. The van der Waals surface area contributed by atoms with Gasteiger partial charge < -0.3 is 14.1 Å². The Morgan fingerprint density at radius 3 is 3.05 bits per heavy atom. The molecule has 0 aromatic carbocycles. The van der Waals surface area contributed by atoms with Gasteiger partial charge in [0.05, 0.1) is 6.61 Å². The van der Waals surface area contributed by atoms with Gasteiger partial charge in [-0.3, -0.25) is 10.2 Å². The number of hydrazine groups is 1. The second-order valence-corrected chi connectivity index (χ2v) is 5.45. The van der Waals surface area contributed by atoms with Gasteiger partial charge in [-0.25, -0.2) is 5.84 Å². The van der Waals surface area contributed by atoms with E-state index >= 15 is 0 Å². The summed E-state index contributed by atoms with van der Waals surface area (Å²) in [6, 6.07) is 1.76. The zero-order valence-electron chi connectivity index (χ0n) is 12.1. The molecule has 0 radical (unpaired) electrons. The summed E-state index contributed by atoms with van der Waals surface area (Å²) in [6.45, 7) is 5.33. The number of amides is 1. The zero-order valence-corrected chi connectivity index (χ0v) is 12.1. The summed E-state index contributed by atoms with van der Waals surface area (Å²) < 4.78 is 10.9. The van der Waals surface area contributed by atoms with Gasteiger partial charge in [-0.2, -0.15) is 0 Å². The third-order valence-corrected chi connectivity index (χ3v) is 3.64. The predicted octanol–water partition coefficient (Wildman–Crippen LogP) is 1.05. The van der Waals surface area contributed by atoms with Gasteiger partial charge in [0.15, 0.2) is 5.76 Å². The third kappa shape index (κ3) is 3.82. The lowest BCUT2D eigenvalue weighted by atomic mass is 10.0. The fourth-order valence-corrected chi connectivity index (χ4v) is 2.61. The van der Waals surface area contributed by atoms with Crippen LogP contribution in [0.25, 0.3) is 0 Å². The number of hydrogen-bond donors (Lipinski definition) is 2. The van der Waals surface area contributed by atoms with Crippen molar-refractivity contribution < 1.29 is 13.9 Å². The molecule has 1 atom stereocenters. The van der Waals surface area contributed by atoms with Crippen molar-refractivity contribution in [2.45, 2.75) is 26.3 Å². The Bertz CT molecular complexity index is 453. The summed E-state index contributed by atoms with van der Waals surface area (Å²) in [5.41, 5.74) is 3.09. The fourth-order valence-electron chi connectivity index (χ4n) is 2.61. The van der Waals surface area contributed by atoms with E-state index in [0.717, 1.165) is 44.0 Å². The molecule has 0 spiro atoms. The summed E-state index contributed by atoms with van der Waals surface area (Å²) in [6.07, 6.45) is 2.36. The average molecular weight is 281 g/mol. The lowest BCUT2D eigenvalue weighted by Crippen LogP contribution is -2.30. The lowest BCUT2D eigenvalue weighted by molar-refractivity contribution is 0.0411. The van der Waals surface area contributed by atoms with Crippen molar-refractivity contribution in [2.24, 2.45) is 11.8 Å². The Morgan fingerprint density at radius 1 is 1.60 bits per heavy atom. The molecule has 1 aromatic heterocycles. The number of carbonyl (C=O) groups is 1. The Kier molecular flexibility index (Phi) is 5.17. The van der Waals surface area contributed by atoms with Gasteiger partial charge in [0.2, 0.25) is 0 Å². The molecule has 1 saturated heterocycles. The molecule has 1 aliphatic heterocycles. The number of furan rings is 1. The summed E-state index contributed by atoms with van der Waals surface area (Å²) >= 11 is 0. The Labute approximate surface area is 119 Å². The van der Waals surface area contributed by atoms with Crippen molar-refractivity contribution in [1.82, 2.24) is 10.3 Å². The largest absolute Gasteiger partial charge is 0.456 e. The number of carbonyl (C=O) groups excluding carboxylic acids is 1. The van der Waals surface area contributed by atoms with E-state index in [1.165, 1.54) is 6.42 Å². The predicted molar refractivity (Wildman–Crippen MR) is 75.0 cm³/mol. The van der Waals surface area contributed by atoms with Crippen molar-refractivity contribution in [3.8, 4) is 0 Å². The molecule has 0 bridgehead atoms. The molecule has 6 nitrogen and oxygen atoms in total. The number of aryl methyl sites for hydroxylation is 1. The molecule has 1 aromatic rings. The third-order valence-electron chi connectivity index (χ3n) is 3.64. The number of nitrogen functional groups attached to an aromatic ring is 1. The van der Waals surface area contributed by atoms with Crippen LogP contribution in [0.4, 0.5) is 0 Å². The van der Waals surface area contributed by atoms with Crippen LogP contribution in [0.15, 0.2) is 10.5 Å². The van der Waals surface area contributed by atoms with Crippen molar-refractivity contribution >= 4 is 5.91 Å². The first kappa shape index (κ1) is 15.0. The quantitative estimate of drug-likeness (QED) is 0.479. The van der Waals surface area contributed by atoms with Crippen LogP contribution < -0.4 is 11.3 Å². The van der Waals surface area contributed by atoms with Crippen LogP contribution in [0, 0.1) is 12.8 Å². The Morgan fingerprint density at radius 2 is 2.40 bits per heavy atom. The number of ether oxygens (including phenoxy) is 1. The molecule has 1 unspecified atom stereocenters. The van der Waals surface area contributed by atoms with Crippen molar-refractivity contribution in [3.63, 3.8) is 0 Å². The second-order valence-electron chi connectivity index (χ2n) is 5.45. The van der Waals surface area contributed by atoms with Gasteiger partial charge in [0, 0.05) is 25.3 Å². The van der Waals surface area contributed by atoms with E-state index in [1.54, 1.807) is 6.07 Å². The monoisotopic (exact) mass is 281 g/mol. The fraction of sp³-hybridized carbons (Fsp3) is 0.643. The summed E-state index contributed by atoms with van der Waals surface area (Å²) in [5.74, 6) is 6.31. The van der Waals surface area contributed by atoms with E-state index < -0.39 is 5.91 Å². The van der Waals surface area contributed by atoms with Crippen LogP contribution in [-0.4, -0.2) is 37.6 Å². The number of nitrogens with zero attached hydrogens (tertiary/aromatic N) is 1. The van der Waals surface area contributed by atoms with Gasteiger partial charge in [-0.15, -0.1) is 0 Å². The first-order valence-electron chi connectivity index (χ1n) is 6.96. The zero-order chi connectivity index (χ0) is 14.5. The number of nitrogens with two attached hydrogens (primary N) is 1. The molecular formula is C14H23N3O3. The molecule has 0 aliphatic carbocycles. The highest BCUT2D eigenvalue weighted by Crippen LogP contribution is 2.19. The molecule has 20 heavy (non-hydrogen) atoms. The SMILES string of the molecule is Cc1oc(C(=O)NN)cc1CN(C)CC1CCCOC1. The maximum atomic E-state index is 11.4. The van der Waals surface area contributed by atoms with E-state index in [9.17, 15) is 4.79 Å². The van der Waals surface area contributed by atoms with Crippen LogP contribution in [0.1, 0.15) is 34.7 Å². The maximum absolute atomic E-state index is 11.4. The molecule has 0 saturated carbocycles. The number of hydrogen-bond acceptors (Lipinski definition) is 5. The van der Waals surface area contributed by atoms with Crippen LogP contribution in [-0.2, 0) is 11.3 Å². The van der Waals surface area contributed by atoms with Gasteiger partial charge >= 0.3 is 5.91 Å². The van der Waals surface area contributed by atoms with E-state index in [2.05, 4.69) is 17.4 Å². The van der Waals surface area contributed by atoms with E-state index in [4.69, 9.17) is 15.0 Å². The van der Waals surface area contributed by atoms with Crippen LogP contribution in [0.2, 0.25) is 0 Å². The van der Waals surface area contributed by atoms with Crippen molar-refractivity contribution in [3.05, 3.63) is 23.2 Å². The van der Waals surface area contributed by atoms with E-state index in [-0.39, 0.29) is 5.76 Å². The highest BCUT2D eigenvalue weighted by atomic mass is 16.5. The number of rotatable bonds is 5. The maximum Gasteiger partial charge on any atom is 0.300 e. The van der Waals surface area contributed by atoms with Crippen molar-refractivity contribution in [2.75, 3.05) is 26.8 Å².